The third-order valence-corrected chi connectivity index (χ3v) is 4.04. The maximum atomic E-state index is 12.4. The molecule has 2 aromatic rings. The molecule has 0 fully saturated rings. The smallest absolute Gasteiger partial charge is 0.170 e. The van der Waals surface area contributed by atoms with Crippen molar-refractivity contribution in [3.8, 4) is 11.5 Å². The molecule has 0 saturated heterocycles. The van der Waals surface area contributed by atoms with Crippen molar-refractivity contribution in [2.75, 3.05) is 0 Å². The fourth-order valence-electron chi connectivity index (χ4n) is 2.60. The number of Topliss-reactive ketones (excluding diaryl/α,β-unsaturated/α-hetero) is 1. The first-order valence-corrected chi connectivity index (χ1v) is 8.15. The molecule has 1 aliphatic heterocycles. The summed E-state index contributed by atoms with van der Waals surface area (Å²) >= 11 is 12.1. The summed E-state index contributed by atoms with van der Waals surface area (Å²) in [6.45, 7) is 3.93. The lowest BCUT2D eigenvalue weighted by atomic mass is 9.96. The monoisotopic (exact) mass is 350 g/mol. The summed E-state index contributed by atoms with van der Waals surface area (Å²) in [6.07, 6.45) is -0.0599. The minimum Gasteiger partial charge on any atom is -0.491 e. The molecule has 0 amide bonds. The maximum absolute atomic E-state index is 12.4. The molecule has 2 aromatic carbocycles. The van der Waals surface area contributed by atoms with Gasteiger partial charge < -0.3 is 9.47 Å². The van der Waals surface area contributed by atoms with Gasteiger partial charge in [-0.3, -0.25) is 4.79 Å². The normalized spacial score (nSPS) is 16.9. The number of benzene rings is 2. The van der Waals surface area contributed by atoms with E-state index in [0.29, 0.717) is 21.4 Å². The number of ether oxygens (including phenoxy) is 2. The SMILES string of the molecule is CC(C)Oc1cccc(C2CC(=O)c3cc(Cl)cc(Cl)c3O2)c1. The van der Waals surface area contributed by atoms with Gasteiger partial charge >= 0.3 is 0 Å². The average molecular weight is 351 g/mol. The van der Waals surface area contributed by atoms with Crippen molar-refractivity contribution in [2.24, 2.45) is 0 Å². The van der Waals surface area contributed by atoms with Gasteiger partial charge in [0.2, 0.25) is 0 Å². The predicted octanol–water partition coefficient (Wildman–Crippen LogP) is 5.49. The van der Waals surface area contributed by atoms with Crippen molar-refractivity contribution in [3.05, 3.63) is 57.6 Å². The Morgan fingerprint density at radius 2 is 2.00 bits per heavy atom. The molecule has 0 aromatic heterocycles. The highest BCUT2D eigenvalue weighted by molar-refractivity contribution is 6.36. The van der Waals surface area contributed by atoms with Gasteiger partial charge in [-0.25, -0.2) is 0 Å². The van der Waals surface area contributed by atoms with Gasteiger partial charge in [-0.2, -0.15) is 0 Å². The summed E-state index contributed by atoms with van der Waals surface area (Å²) < 4.78 is 11.7. The standard InChI is InChI=1S/C18H16Cl2O3/c1-10(2)22-13-5-3-4-11(6-13)17-9-16(21)14-7-12(19)8-15(20)18(14)23-17/h3-8,10,17H,9H2,1-2H3. The Morgan fingerprint density at radius 3 is 2.74 bits per heavy atom. The number of ketones is 1. The molecule has 3 rings (SSSR count). The number of hydrogen-bond acceptors (Lipinski definition) is 3. The van der Waals surface area contributed by atoms with Crippen LogP contribution in [0.1, 0.15) is 42.3 Å². The number of carbonyl (C=O) groups is 1. The van der Waals surface area contributed by atoms with Gasteiger partial charge in [-0.15, -0.1) is 0 Å². The zero-order chi connectivity index (χ0) is 16.6. The number of halogens is 2. The summed E-state index contributed by atoms with van der Waals surface area (Å²) in [5, 5.41) is 0.775. The number of carbonyl (C=O) groups excluding carboxylic acids is 1. The molecule has 0 saturated carbocycles. The van der Waals surface area contributed by atoms with Crippen LogP contribution in [0, 0.1) is 0 Å². The van der Waals surface area contributed by atoms with Gasteiger partial charge in [0.15, 0.2) is 5.78 Å². The van der Waals surface area contributed by atoms with Crippen LogP contribution in [0.2, 0.25) is 10.0 Å². The molecule has 0 aliphatic carbocycles. The van der Waals surface area contributed by atoms with E-state index in [-0.39, 0.29) is 24.4 Å². The minimum atomic E-state index is -0.385. The Morgan fingerprint density at radius 1 is 1.22 bits per heavy atom. The lowest BCUT2D eigenvalue weighted by molar-refractivity contribution is 0.0849. The molecule has 0 spiro atoms. The number of rotatable bonds is 3. The van der Waals surface area contributed by atoms with Gasteiger partial charge in [0.25, 0.3) is 0 Å². The second-order valence-electron chi connectivity index (χ2n) is 5.74. The van der Waals surface area contributed by atoms with E-state index < -0.39 is 0 Å². The Hall–Kier alpha value is -1.71. The van der Waals surface area contributed by atoms with Crippen molar-refractivity contribution in [2.45, 2.75) is 32.5 Å². The first-order valence-electron chi connectivity index (χ1n) is 7.39. The molecule has 1 atom stereocenters. The lowest BCUT2D eigenvalue weighted by Gasteiger charge is -2.26. The van der Waals surface area contributed by atoms with E-state index in [2.05, 4.69) is 0 Å². The first kappa shape index (κ1) is 16.2. The second-order valence-corrected chi connectivity index (χ2v) is 6.58. The van der Waals surface area contributed by atoms with Gasteiger partial charge in [0, 0.05) is 5.02 Å². The van der Waals surface area contributed by atoms with Crippen LogP contribution in [0.15, 0.2) is 36.4 Å². The van der Waals surface area contributed by atoms with Crippen molar-refractivity contribution in [3.63, 3.8) is 0 Å². The molecular formula is C18H16Cl2O3. The van der Waals surface area contributed by atoms with Crippen LogP contribution in [-0.2, 0) is 0 Å². The van der Waals surface area contributed by atoms with Crippen molar-refractivity contribution in [1.82, 2.24) is 0 Å². The summed E-state index contributed by atoms with van der Waals surface area (Å²) in [4.78, 5) is 12.4. The highest BCUT2D eigenvalue weighted by atomic mass is 35.5. The largest absolute Gasteiger partial charge is 0.491 e. The molecule has 3 nitrogen and oxygen atoms in total. The van der Waals surface area contributed by atoms with Crippen molar-refractivity contribution >= 4 is 29.0 Å². The van der Waals surface area contributed by atoms with Gasteiger partial charge in [0.05, 0.1) is 23.1 Å². The van der Waals surface area contributed by atoms with E-state index in [0.717, 1.165) is 11.3 Å². The topological polar surface area (TPSA) is 35.5 Å². The molecule has 0 radical (unpaired) electrons. The van der Waals surface area contributed by atoms with Gasteiger partial charge in [0.1, 0.15) is 17.6 Å². The zero-order valence-corrected chi connectivity index (χ0v) is 14.3. The van der Waals surface area contributed by atoms with Gasteiger partial charge in [-0.1, -0.05) is 35.3 Å². The number of hydrogen-bond donors (Lipinski definition) is 0. The van der Waals surface area contributed by atoms with Crippen LogP contribution in [-0.4, -0.2) is 11.9 Å². The summed E-state index contributed by atoms with van der Waals surface area (Å²) in [5.74, 6) is 1.12. The summed E-state index contributed by atoms with van der Waals surface area (Å²) in [5.41, 5.74) is 1.32. The molecular weight excluding hydrogens is 335 g/mol. The Bertz CT molecular complexity index is 756. The third kappa shape index (κ3) is 3.46. The highest BCUT2D eigenvalue weighted by Gasteiger charge is 2.30. The quantitative estimate of drug-likeness (QED) is 0.734. The van der Waals surface area contributed by atoms with Gasteiger partial charge in [-0.05, 0) is 43.7 Å². The number of fused-ring (bicyclic) bond motifs is 1. The molecule has 120 valence electrons. The van der Waals surface area contributed by atoms with Crippen LogP contribution in [0.4, 0.5) is 0 Å². The van der Waals surface area contributed by atoms with Crippen LogP contribution in [0.3, 0.4) is 0 Å². The Labute approximate surface area is 145 Å². The van der Waals surface area contributed by atoms with Crippen molar-refractivity contribution < 1.29 is 14.3 Å². The molecule has 1 heterocycles. The molecule has 23 heavy (non-hydrogen) atoms. The molecule has 0 bridgehead atoms. The van der Waals surface area contributed by atoms with E-state index in [1.54, 1.807) is 12.1 Å². The van der Waals surface area contributed by atoms with Crippen molar-refractivity contribution in [1.29, 1.82) is 0 Å². The van der Waals surface area contributed by atoms with E-state index in [1.165, 1.54) is 0 Å². The van der Waals surface area contributed by atoms with E-state index in [4.69, 9.17) is 32.7 Å². The van der Waals surface area contributed by atoms with Crippen LogP contribution >= 0.6 is 23.2 Å². The minimum absolute atomic E-state index is 0.0316. The Balaban J connectivity index is 1.93. The van der Waals surface area contributed by atoms with Crippen LogP contribution < -0.4 is 9.47 Å². The second kappa shape index (κ2) is 6.42. The van der Waals surface area contributed by atoms with E-state index >= 15 is 0 Å². The summed E-state index contributed by atoms with van der Waals surface area (Å²) in [6, 6.07) is 10.8. The molecule has 5 heteroatoms. The van der Waals surface area contributed by atoms with E-state index in [9.17, 15) is 4.79 Å². The third-order valence-electron chi connectivity index (χ3n) is 3.54. The molecule has 1 aliphatic rings. The highest BCUT2D eigenvalue weighted by Crippen LogP contribution is 2.41. The molecule has 1 unspecified atom stereocenters. The fraction of sp³-hybridized carbons (Fsp3) is 0.278. The van der Waals surface area contributed by atoms with Crippen LogP contribution in [0.25, 0.3) is 0 Å². The lowest BCUT2D eigenvalue weighted by Crippen LogP contribution is -2.20. The Kier molecular flexibility index (Phi) is 4.51. The average Bonchev–Trinajstić information content (AvgIpc) is 2.47. The predicted molar refractivity (Wildman–Crippen MR) is 91.0 cm³/mol. The molecule has 0 N–H and O–H groups in total. The van der Waals surface area contributed by atoms with Crippen LogP contribution in [0.5, 0.6) is 11.5 Å². The maximum Gasteiger partial charge on any atom is 0.170 e. The summed E-state index contributed by atoms with van der Waals surface area (Å²) in [7, 11) is 0. The fourth-order valence-corrected chi connectivity index (χ4v) is 3.13. The van der Waals surface area contributed by atoms with E-state index in [1.807, 2.05) is 38.1 Å². The zero-order valence-electron chi connectivity index (χ0n) is 12.8. The first-order chi connectivity index (χ1) is 10.9.